The standard InChI is InChI=1S/C21H27N5O2/c1-26(2)11-6-12-27-20-10-4-3-7-17(20)15-28-18-9-5-8-16(13-18)21(23)19(14-22)25-24/h3-5,7-10,13,25H,6,11-12,15,23-24H2,1-2H3/b21-19-. The van der Waals surface area contributed by atoms with Crippen LogP contribution in [0.4, 0.5) is 0 Å². The Hall–Kier alpha value is -3.21. The SMILES string of the molecule is CN(C)CCCOc1ccccc1COc1cccc(/C(N)=C(\C#N)NN)c1. The third-order valence-corrected chi connectivity index (χ3v) is 4.04. The Bertz CT molecular complexity index is 843. The number of nitriles is 1. The molecule has 7 heteroatoms. The number of rotatable bonds is 10. The van der Waals surface area contributed by atoms with Crippen LogP contribution in [0.1, 0.15) is 17.5 Å². The molecule has 0 aliphatic heterocycles. The Labute approximate surface area is 166 Å². The van der Waals surface area contributed by atoms with E-state index in [9.17, 15) is 0 Å². The zero-order valence-electron chi connectivity index (χ0n) is 16.3. The summed E-state index contributed by atoms with van der Waals surface area (Å²) >= 11 is 0. The number of hydrogen-bond donors (Lipinski definition) is 3. The average Bonchev–Trinajstić information content (AvgIpc) is 2.71. The zero-order chi connectivity index (χ0) is 20.4. The molecule has 0 fully saturated rings. The number of benzene rings is 2. The first-order valence-corrected chi connectivity index (χ1v) is 9.00. The van der Waals surface area contributed by atoms with Crippen LogP contribution in [0.15, 0.2) is 54.2 Å². The number of hydrogen-bond acceptors (Lipinski definition) is 7. The van der Waals surface area contributed by atoms with Crippen molar-refractivity contribution in [2.45, 2.75) is 13.0 Å². The van der Waals surface area contributed by atoms with Crippen molar-refractivity contribution in [2.75, 3.05) is 27.2 Å². The van der Waals surface area contributed by atoms with Gasteiger partial charge in [0.1, 0.15) is 24.2 Å². The molecule has 0 saturated carbocycles. The first-order valence-electron chi connectivity index (χ1n) is 9.00. The molecule has 0 aliphatic carbocycles. The van der Waals surface area contributed by atoms with Gasteiger partial charge in [-0.3, -0.25) is 0 Å². The molecule has 28 heavy (non-hydrogen) atoms. The number of ether oxygens (including phenoxy) is 2. The lowest BCUT2D eigenvalue weighted by Crippen LogP contribution is -2.23. The predicted molar refractivity (Wildman–Crippen MR) is 110 cm³/mol. The molecule has 148 valence electrons. The lowest BCUT2D eigenvalue weighted by atomic mass is 10.1. The van der Waals surface area contributed by atoms with Gasteiger partial charge in [-0.2, -0.15) is 5.26 Å². The summed E-state index contributed by atoms with van der Waals surface area (Å²) in [6, 6.07) is 16.9. The lowest BCUT2D eigenvalue weighted by molar-refractivity contribution is 0.263. The molecule has 0 bridgehead atoms. The summed E-state index contributed by atoms with van der Waals surface area (Å²) in [5.74, 6) is 6.77. The van der Waals surface area contributed by atoms with Crippen LogP contribution in [0, 0.1) is 11.3 Å². The Kier molecular flexibility index (Phi) is 8.15. The molecular weight excluding hydrogens is 354 g/mol. The van der Waals surface area contributed by atoms with Crippen molar-refractivity contribution in [3.63, 3.8) is 0 Å². The normalized spacial score (nSPS) is 11.5. The number of para-hydroxylation sites is 1. The highest BCUT2D eigenvalue weighted by molar-refractivity contribution is 5.69. The van der Waals surface area contributed by atoms with Crippen molar-refractivity contribution in [2.24, 2.45) is 11.6 Å². The maximum absolute atomic E-state index is 9.05. The summed E-state index contributed by atoms with van der Waals surface area (Å²) in [6.45, 7) is 1.98. The van der Waals surface area contributed by atoms with Gasteiger partial charge >= 0.3 is 0 Å². The van der Waals surface area contributed by atoms with E-state index in [1.165, 1.54) is 0 Å². The fourth-order valence-electron chi connectivity index (χ4n) is 2.56. The van der Waals surface area contributed by atoms with Gasteiger partial charge in [0.25, 0.3) is 0 Å². The maximum Gasteiger partial charge on any atom is 0.151 e. The van der Waals surface area contributed by atoms with Gasteiger partial charge in [0.15, 0.2) is 5.70 Å². The van der Waals surface area contributed by atoms with Crippen LogP contribution >= 0.6 is 0 Å². The monoisotopic (exact) mass is 381 g/mol. The van der Waals surface area contributed by atoms with Gasteiger partial charge < -0.3 is 25.5 Å². The highest BCUT2D eigenvalue weighted by Crippen LogP contribution is 2.23. The topological polar surface area (TPSA) is 110 Å². The number of nitrogens with two attached hydrogens (primary N) is 2. The highest BCUT2D eigenvalue weighted by atomic mass is 16.5. The van der Waals surface area contributed by atoms with Crippen LogP contribution in [0.25, 0.3) is 5.70 Å². The molecule has 0 saturated heterocycles. The van der Waals surface area contributed by atoms with E-state index in [-0.39, 0.29) is 11.4 Å². The van der Waals surface area contributed by atoms with E-state index in [4.69, 9.17) is 26.3 Å². The van der Waals surface area contributed by atoms with E-state index in [1.54, 1.807) is 12.1 Å². The van der Waals surface area contributed by atoms with Crippen molar-refractivity contribution in [3.8, 4) is 17.6 Å². The Morgan fingerprint density at radius 1 is 1.14 bits per heavy atom. The van der Waals surface area contributed by atoms with Gasteiger partial charge in [0.05, 0.1) is 12.3 Å². The van der Waals surface area contributed by atoms with E-state index >= 15 is 0 Å². The maximum atomic E-state index is 9.05. The summed E-state index contributed by atoms with van der Waals surface area (Å²) in [5, 5.41) is 9.05. The third-order valence-electron chi connectivity index (χ3n) is 4.04. The minimum absolute atomic E-state index is 0.105. The van der Waals surface area contributed by atoms with Gasteiger partial charge in [-0.25, -0.2) is 5.84 Å². The van der Waals surface area contributed by atoms with Crippen molar-refractivity contribution in [1.29, 1.82) is 5.26 Å². The number of hydrazine groups is 1. The van der Waals surface area contributed by atoms with Gasteiger partial charge in [-0.15, -0.1) is 0 Å². The van der Waals surface area contributed by atoms with Crippen LogP contribution in [-0.4, -0.2) is 32.1 Å². The van der Waals surface area contributed by atoms with E-state index in [1.807, 2.05) is 56.6 Å². The summed E-state index contributed by atoms with van der Waals surface area (Å²) in [6.07, 6.45) is 0.951. The van der Waals surface area contributed by atoms with Crippen molar-refractivity contribution >= 4 is 5.70 Å². The molecule has 0 atom stereocenters. The fourth-order valence-corrected chi connectivity index (χ4v) is 2.56. The largest absolute Gasteiger partial charge is 0.493 e. The number of allylic oxidation sites excluding steroid dienone is 1. The molecular formula is C21H27N5O2. The Morgan fingerprint density at radius 3 is 2.64 bits per heavy atom. The summed E-state index contributed by atoms with van der Waals surface area (Å²) in [7, 11) is 4.09. The summed E-state index contributed by atoms with van der Waals surface area (Å²) in [4.78, 5) is 2.13. The van der Waals surface area contributed by atoms with E-state index < -0.39 is 0 Å². The number of nitrogens with one attached hydrogen (secondary N) is 1. The van der Waals surface area contributed by atoms with Crippen LogP contribution in [0.5, 0.6) is 11.5 Å². The molecule has 7 nitrogen and oxygen atoms in total. The van der Waals surface area contributed by atoms with Crippen molar-refractivity contribution in [1.82, 2.24) is 10.3 Å². The highest BCUT2D eigenvalue weighted by Gasteiger charge is 2.08. The lowest BCUT2D eigenvalue weighted by Gasteiger charge is -2.14. The molecule has 0 amide bonds. The smallest absolute Gasteiger partial charge is 0.151 e. The molecule has 2 rings (SSSR count). The van der Waals surface area contributed by atoms with Crippen LogP contribution < -0.4 is 26.5 Å². The third kappa shape index (κ3) is 6.20. The molecule has 0 heterocycles. The quantitative estimate of drug-likeness (QED) is 0.250. The van der Waals surface area contributed by atoms with Crippen LogP contribution in [0.2, 0.25) is 0 Å². The average molecular weight is 381 g/mol. The zero-order valence-corrected chi connectivity index (χ0v) is 16.3. The van der Waals surface area contributed by atoms with Crippen LogP contribution in [0.3, 0.4) is 0 Å². The van der Waals surface area contributed by atoms with Gasteiger partial charge in [0.2, 0.25) is 0 Å². The fraction of sp³-hybridized carbons (Fsp3) is 0.286. The van der Waals surface area contributed by atoms with Gasteiger partial charge in [-0.05, 0) is 38.7 Å². The molecule has 0 radical (unpaired) electrons. The first-order chi connectivity index (χ1) is 13.5. The predicted octanol–water partition coefficient (Wildman–Crippen LogP) is 2.21. The minimum atomic E-state index is 0.105. The first kappa shape index (κ1) is 21.1. The molecule has 2 aromatic carbocycles. The second-order valence-electron chi connectivity index (χ2n) is 6.47. The molecule has 0 aromatic heterocycles. The molecule has 0 aliphatic rings. The minimum Gasteiger partial charge on any atom is -0.493 e. The van der Waals surface area contributed by atoms with Gasteiger partial charge in [-0.1, -0.05) is 30.3 Å². The Balaban J connectivity index is 2.04. The summed E-state index contributed by atoms with van der Waals surface area (Å²) < 4.78 is 11.8. The molecule has 0 spiro atoms. The second kappa shape index (κ2) is 10.8. The van der Waals surface area contributed by atoms with E-state index in [2.05, 4.69) is 10.3 Å². The second-order valence-corrected chi connectivity index (χ2v) is 6.47. The van der Waals surface area contributed by atoms with E-state index in [0.717, 1.165) is 24.3 Å². The number of nitrogens with zero attached hydrogens (tertiary/aromatic N) is 2. The van der Waals surface area contributed by atoms with Gasteiger partial charge in [0, 0.05) is 17.7 Å². The molecule has 5 N–H and O–H groups in total. The van der Waals surface area contributed by atoms with Crippen LogP contribution in [-0.2, 0) is 6.61 Å². The van der Waals surface area contributed by atoms with E-state index in [0.29, 0.717) is 24.5 Å². The Morgan fingerprint density at radius 2 is 1.93 bits per heavy atom. The van der Waals surface area contributed by atoms with Crippen molar-refractivity contribution < 1.29 is 9.47 Å². The molecule has 2 aromatic rings. The summed E-state index contributed by atoms with van der Waals surface area (Å²) in [5.41, 5.74) is 10.3. The molecule has 0 unspecified atom stereocenters. The van der Waals surface area contributed by atoms with Crippen molar-refractivity contribution in [3.05, 3.63) is 65.4 Å².